The van der Waals surface area contributed by atoms with Gasteiger partial charge in [0.15, 0.2) is 0 Å². The lowest BCUT2D eigenvalue weighted by molar-refractivity contribution is 0.140. The summed E-state index contributed by atoms with van der Waals surface area (Å²) in [6.07, 6.45) is 3.51. The smallest absolute Gasteiger partial charge is 0.407 e. The summed E-state index contributed by atoms with van der Waals surface area (Å²) in [6.45, 7) is 1.62. The van der Waals surface area contributed by atoms with Crippen LogP contribution in [0.15, 0.2) is 24.4 Å². The number of likely N-dealkylation sites (N-methyl/N-ethyl adjacent to an activating group) is 1. The number of amides is 1. The fraction of sp³-hybridized carbons (Fsp3) is 0.438. The van der Waals surface area contributed by atoms with Crippen molar-refractivity contribution in [1.82, 2.24) is 15.2 Å². The van der Waals surface area contributed by atoms with Crippen LogP contribution in [0.2, 0.25) is 0 Å². The van der Waals surface area contributed by atoms with Crippen molar-refractivity contribution in [2.75, 3.05) is 27.2 Å². The van der Waals surface area contributed by atoms with Gasteiger partial charge in [0.2, 0.25) is 0 Å². The summed E-state index contributed by atoms with van der Waals surface area (Å²) >= 11 is 0. The molecule has 2 heterocycles. The number of hydrogen-bond acceptors (Lipinski definition) is 3. The van der Waals surface area contributed by atoms with E-state index < -0.39 is 0 Å². The zero-order valence-corrected chi connectivity index (χ0v) is 12.5. The molecule has 2 aromatic rings. The lowest BCUT2D eigenvalue weighted by Gasteiger charge is -2.10. The predicted octanol–water partition coefficient (Wildman–Crippen LogP) is 1.92. The summed E-state index contributed by atoms with van der Waals surface area (Å²) in [5.74, 6) is 0. The van der Waals surface area contributed by atoms with E-state index in [1.807, 2.05) is 0 Å². The maximum absolute atomic E-state index is 11.1. The molecule has 2 N–H and O–H groups in total. The van der Waals surface area contributed by atoms with Gasteiger partial charge in [0.1, 0.15) is 6.10 Å². The third-order valence-electron chi connectivity index (χ3n) is 3.87. The van der Waals surface area contributed by atoms with Crippen molar-refractivity contribution in [1.29, 1.82) is 0 Å². The lowest BCUT2D eigenvalue weighted by atomic mass is 10.0. The topological polar surface area (TPSA) is 57.4 Å². The fourth-order valence-corrected chi connectivity index (χ4v) is 2.71. The Bertz CT molecular complexity index is 648. The first-order valence-corrected chi connectivity index (χ1v) is 7.30. The third kappa shape index (κ3) is 3.19. The third-order valence-corrected chi connectivity index (χ3v) is 3.87. The van der Waals surface area contributed by atoms with Crippen molar-refractivity contribution < 1.29 is 9.53 Å². The van der Waals surface area contributed by atoms with E-state index in [0.29, 0.717) is 6.54 Å². The predicted molar refractivity (Wildman–Crippen MR) is 82.5 cm³/mol. The molecule has 0 spiro atoms. The van der Waals surface area contributed by atoms with Crippen molar-refractivity contribution in [2.24, 2.45) is 0 Å². The zero-order valence-electron chi connectivity index (χ0n) is 12.5. The highest BCUT2D eigenvalue weighted by atomic mass is 16.6. The first-order chi connectivity index (χ1) is 10.1. The van der Waals surface area contributed by atoms with Crippen molar-refractivity contribution in [3.8, 4) is 0 Å². The highest BCUT2D eigenvalue weighted by Gasteiger charge is 2.22. The maximum atomic E-state index is 11.1. The van der Waals surface area contributed by atoms with E-state index in [4.69, 9.17) is 4.74 Å². The number of ether oxygens (including phenoxy) is 1. The van der Waals surface area contributed by atoms with Crippen LogP contribution >= 0.6 is 0 Å². The molecule has 1 aromatic carbocycles. The second-order valence-electron chi connectivity index (χ2n) is 5.86. The van der Waals surface area contributed by atoms with Gasteiger partial charge in [0, 0.05) is 30.1 Å². The summed E-state index contributed by atoms with van der Waals surface area (Å²) in [7, 11) is 4.17. The van der Waals surface area contributed by atoms with E-state index in [-0.39, 0.29) is 12.2 Å². The van der Waals surface area contributed by atoms with E-state index in [2.05, 4.69) is 53.7 Å². The number of nitrogens with zero attached hydrogens (tertiary/aromatic N) is 1. The van der Waals surface area contributed by atoms with Crippen LogP contribution < -0.4 is 5.32 Å². The van der Waals surface area contributed by atoms with Gasteiger partial charge in [-0.05, 0) is 43.8 Å². The molecule has 0 radical (unpaired) electrons. The monoisotopic (exact) mass is 287 g/mol. The van der Waals surface area contributed by atoms with Gasteiger partial charge in [0.05, 0.1) is 6.54 Å². The van der Waals surface area contributed by atoms with E-state index in [9.17, 15) is 4.79 Å². The van der Waals surface area contributed by atoms with Gasteiger partial charge >= 0.3 is 6.09 Å². The summed E-state index contributed by atoms with van der Waals surface area (Å²) in [4.78, 5) is 16.6. The second kappa shape index (κ2) is 5.77. The molecule has 1 saturated heterocycles. The van der Waals surface area contributed by atoms with Crippen LogP contribution in [0.5, 0.6) is 0 Å². The largest absolute Gasteiger partial charge is 0.444 e. The lowest BCUT2D eigenvalue weighted by Crippen LogP contribution is -2.16. The number of aromatic amines is 1. The average Bonchev–Trinajstić information content (AvgIpc) is 3.03. The number of fused-ring (bicyclic) bond motifs is 1. The van der Waals surface area contributed by atoms with E-state index in [1.165, 1.54) is 16.5 Å². The minimum absolute atomic E-state index is 0.0564. The molecule has 0 aliphatic carbocycles. The van der Waals surface area contributed by atoms with E-state index >= 15 is 0 Å². The molecule has 0 saturated carbocycles. The van der Waals surface area contributed by atoms with Gasteiger partial charge < -0.3 is 19.9 Å². The minimum Gasteiger partial charge on any atom is -0.444 e. The molecule has 3 rings (SSSR count). The minimum atomic E-state index is -0.311. The van der Waals surface area contributed by atoms with Crippen LogP contribution in [0.25, 0.3) is 10.9 Å². The summed E-state index contributed by atoms with van der Waals surface area (Å²) < 4.78 is 5.20. The number of carbonyl (C=O) groups is 1. The normalized spacial score (nSPS) is 18.2. The molecule has 1 aliphatic rings. The van der Waals surface area contributed by atoms with Crippen molar-refractivity contribution >= 4 is 17.0 Å². The molecule has 1 amide bonds. The number of hydrogen-bond donors (Lipinski definition) is 2. The van der Waals surface area contributed by atoms with Crippen LogP contribution in [0.3, 0.4) is 0 Å². The number of alkyl carbamates (subject to hydrolysis) is 1. The van der Waals surface area contributed by atoms with Crippen LogP contribution in [0, 0.1) is 0 Å². The number of nitrogens with one attached hydrogen (secondary N) is 2. The second-order valence-corrected chi connectivity index (χ2v) is 5.86. The van der Waals surface area contributed by atoms with E-state index in [0.717, 1.165) is 24.9 Å². The molecule has 112 valence electrons. The Labute approximate surface area is 124 Å². The van der Waals surface area contributed by atoms with Crippen LogP contribution in [-0.4, -0.2) is 49.3 Å². The number of aromatic nitrogens is 1. The fourth-order valence-electron chi connectivity index (χ4n) is 2.71. The van der Waals surface area contributed by atoms with Crippen LogP contribution in [0.1, 0.15) is 11.1 Å². The highest BCUT2D eigenvalue weighted by Crippen LogP contribution is 2.22. The maximum Gasteiger partial charge on any atom is 0.407 e. The summed E-state index contributed by atoms with van der Waals surface area (Å²) in [5, 5.41) is 3.96. The van der Waals surface area contributed by atoms with E-state index in [1.54, 1.807) is 0 Å². The van der Waals surface area contributed by atoms with Gasteiger partial charge in [-0.15, -0.1) is 0 Å². The van der Waals surface area contributed by atoms with Crippen molar-refractivity contribution in [2.45, 2.75) is 18.9 Å². The van der Waals surface area contributed by atoms with Crippen molar-refractivity contribution in [3.63, 3.8) is 0 Å². The van der Waals surface area contributed by atoms with Crippen LogP contribution in [0.4, 0.5) is 4.79 Å². The van der Waals surface area contributed by atoms with Gasteiger partial charge in [-0.1, -0.05) is 6.07 Å². The highest BCUT2D eigenvalue weighted by molar-refractivity contribution is 5.84. The molecule has 0 unspecified atom stereocenters. The molecule has 1 aliphatic heterocycles. The standard InChI is InChI=1S/C16H21N3O2/c1-19(2)6-5-12-9-17-15-4-3-11(8-14(12)15)7-13-10-18-16(20)21-13/h3-4,8-9,13,17H,5-7,10H2,1-2H3,(H,18,20)/t13-/m1/s1. The Kier molecular flexibility index (Phi) is 3.84. The number of H-pyrrole nitrogens is 1. The molecule has 1 aromatic heterocycles. The molecule has 21 heavy (non-hydrogen) atoms. The number of cyclic esters (lactones) is 1. The zero-order chi connectivity index (χ0) is 14.8. The van der Waals surface area contributed by atoms with Crippen molar-refractivity contribution in [3.05, 3.63) is 35.5 Å². The number of rotatable bonds is 5. The Balaban J connectivity index is 1.77. The Morgan fingerprint density at radius 2 is 2.24 bits per heavy atom. The average molecular weight is 287 g/mol. The van der Waals surface area contributed by atoms with Gasteiger partial charge in [-0.25, -0.2) is 4.79 Å². The van der Waals surface area contributed by atoms with Gasteiger partial charge in [-0.3, -0.25) is 0 Å². The molecule has 0 bridgehead atoms. The Morgan fingerprint density at radius 3 is 2.95 bits per heavy atom. The first kappa shape index (κ1) is 13.9. The SMILES string of the molecule is CN(C)CCc1c[nH]c2ccc(C[C@@H]3CNC(=O)O3)cc12. The first-order valence-electron chi connectivity index (χ1n) is 7.30. The molecular formula is C16H21N3O2. The summed E-state index contributed by atoms with van der Waals surface area (Å²) in [5.41, 5.74) is 3.70. The number of carbonyl (C=O) groups excluding carboxylic acids is 1. The Morgan fingerprint density at radius 1 is 1.38 bits per heavy atom. The van der Waals surface area contributed by atoms with Gasteiger partial charge in [0.25, 0.3) is 0 Å². The molecule has 1 fully saturated rings. The van der Waals surface area contributed by atoms with Crippen LogP contribution in [-0.2, 0) is 17.6 Å². The number of benzene rings is 1. The molecule has 5 heteroatoms. The molecule has 5 nitrogen and oxygen atoms in total. The molecular weight excluding hydrogens is 266 g/mol. The quantitative estimate of drug-likeness (QED) is 0.883. The Hall–Kier alpha value is -2.01. The summed E-state index contributed by atoms with van der Waals surface area (Å²) in [6, 6.07) is 6.41. The molecule has 1 atom stereocenters. The van der Waals surface area contributed by atoms with Gasteiger partial charge in [-0.2, -0.15) is 0 Å².